The molecule has 18 heavy (non-hydrogen) atoms. The van der Waals surface area contributed by atoms with E-state index >= 15 is 0 Å². The normalized spacial score (nSPS) is 18.7. The number of aryl methyl sites for hydroxylation is 2. The van der Waals surface area contributed by atoms with E-state index < -0.39 is 0 Å². The molecule has 0 amide bonds. The monoisotopic (exact) mass is 263 g/mol. The van der Waals surface area contributed by atoms with Gasteiger partial charge in [-0.25, -0.2) is 0 Å². The topological polar surface area (TPSA) is 55.6 Å². The summed E-state index contributed by atoms with van der Waals surface area (Å²) < 4.78 is 1.99. The van der Waals surface area contributed by atoms with Gasteiger partial charge in [-0.15, -0.1) is 10.2 Å². The number of hydrogen-bond donors (Lipinski definition) is 1. The highest BCUT2D eigenvalue weighted by atomic mass is 32.1. The average molecular weight is 263 g/mol. The third kappa shape index (κ3) is 2.01. The van der Waals surface area contributed by atoms with Crippen LogP contribution in [0.3, 0.4) is 0 Å². The second-order valence-electron chi connectivity index (χ2n) is 4.61. The van der Waals surface area contributed by atoms with Crippen LogP contribution in [0.1, 0.15) is 42.1 Å². The van der Waals surface area contributed by atoms with Crippen LogP contribution < -0.4 is 5.32 Å². The van der Waals surface area contributed by atoms with E-state index in [1.807, 2.05) is 17.9 Å². The maximum Gasteiger partial charge on any atom is 0.206 e. The number of fused-ring (bicyclic) bond motifs is 1. The molecule has 6 heteroatoms. The van der Waals surface area contributed by atoms with Gasteiger partial charge in [0.15, 0.2) is 0 Å². The van der Waals surface area contributed by atoms with Gasteiger partial charge in [-0.3, -0.25) is 4.68 Å². The van der Waals surface area contributed by atoms with Gasteiger partial charge in [-0.2, -0.15) is 5.10 Å². The molecule has 2 aromatic rings. The lowest BCUT2D eigenvalue weighted by Gasteiger charge is -2.23. The molecule has 0 fully saturated rings. The van der Waals surface area contributed by atoms with Crippen molar-refractivity contribution in [2.24, 2.45) is 7.05 Å². The maximum absolute atomic E-state index is 4.36. The molecule has 0 radical (unpaired) electrons. The Bertz CT molecular complexity index is 544. The van der Waals surface area contributed by atoms with E-state index in [2.05, 4.69) is 27.5 Å². The van der Waals surface area contributed by atoms with E-state index in [1.54, 1.807) is 11.3 Å². The highest BCUT2D eigenvalue weighted by molar-refractivity contribution is 7.15. The minimum atomic E-state index is 0.333. The number of hydrogen-bond acceptors (Lipinski definition) is 5. The molecule has 0 aromatic carbocycles. The summed E-state index contributed by atoms with van der Waals surface area (Å²) >= 11 is 1.65. The van der Waals surface area contributed by atoms with Gasteiger partial charge >= 0.3 is 0 Å². The van der Waals surface area contributed by atoms with E-state index in [0.29, 0.717) is 6.04 Å². The van der Waals surface area contributed by atoms with E-state index in [1.165, 1.54) is 17.7 Å². The Labute approximate surface area is 110 Å². The lowest BCUT2D eigenvalue weighted by molar-refractivity contribution is 0.571. The van der Waals surface area contributed by atoms with Crippen LogP contribution >= 0.6 is 11.3 Å². The summed E-state index contributed by atoms with van der Waals surface area (Å²) in [4.78, 5) is 0. The molecular weight excluding hydrogens is 246 g/mol. The van der Waals surface area contributed by atoms with Crippen LogP contribution in [0.25, 0.3) is 0 Å². The van der Waals surface area contributed by atoms with E-state index in [4.69, 9.17) is 0 Å². The molecule has 1 N–H and O–H groups in total. The van der Waals surface area contributed by atoms with E-state index in [9.17, 15) is 0 Å². The molecule has 0 saturated heterocycles. The minimum absolute atomic E-state index is 0.333. The number of nitrogens with one attached hydrogen (secondary N) is 1. The molecule has 96 valence electrons. The predicted molar refractivity (Wildman–Crippen MR) is 71.8 cm³/mol. The van der Waals surface area contributed by atoms with Crippen LogP contribution in [-0.4, -0.2) is 20.0 Å². The fourth-order valence-electron chi connectivity index (χ4n) is 2.46. The fraction of sp³-hybridized carbons (Fsp3) is 0.583. The third-order valence-corrected chi connectivity index (χ3v) is 4.44. The molecule has 2 heterocycles. The second kappa shape index (κ2) is 4.68. The first-order valence-electron chi connectivity index (χ1n) is 6.37. The van der Waals surface area contributed by atoms with Crippen molar-refractivity contribution in [3.8, 4) is 0 Å². The highest BCUT2D eigenvalue weighted by Crippen LogP contribution is 2.32. The van der Waals surface area contributed by atoms with Gasteiger partial charge < -0.3 is 5.32 Å². The van der Waals surface area contributed by atoms with Crippen LogP contribution in [0, 0.1) is 0 Å². The van der Waals surface area contributed by atoms with Crippen molar-refractivity contribution in [1.29, 1.82) is 0 Å². The molecule has 2 aromatic heterocycles. The zero-order valence-electron chi connectivity index (χ0n) is 10.7. The highest BCUT2D eigenvalue weighted by Gasteiger charge is 2.24. The summed E-state index contributed by atoms with van der Waals surface area (Å²) in [5.41, 5.74) is 2.66. The Morgan fingerprint density at radius 2 is 2.39 bits per heavy atom. The van der Waals surface area contributed by atoms with Gasteiger partial charge in [-0.1, -0.05) is 18.3 Å². The van der Waals surface area contributed by atoms with Crippen molar-refractivity contribution >= 4 is 16.5 Å². The van der Waals surface area contributed by atoms with Gasteiger partial charge in [0, 0.05) is 18.3 Å². The fourth-order valence-corrected chi connectivity index (χ4v) is 3.19. The van der Waals surface area contributed by atoms with Crippen LogP contribution in [0.4, 0.5) is 5.13 Å². The molecule has 1 aliphatic carbocycles. The van der Waals surface area contributed by atoms with Gasteiger partial charge in [-0.05, 0) is 25.7 Å². The standard InChI is InChI=1S/C12H17N5S/c1-3-11-15-16-12(18-11)14-9-5-4-6-10-8(9)7-13-17(10)2/h7,9H,3-6H2,1-2H3,(H,14,16). The Hall–Kier alpha value is -1.43. The molecule has 0 bridgehead atoms. The number of nitrogens with zero attached hydrogens (tertiary/aromatic N) is 4. The van der Waals surface area contributed by atoms with Crippen LogP contribution in [0.2, 0.25) is 0 Å². The molecule has 3 rings (SSSR count). The summed E-state index contributed by atoms with van der Waals surface area (Å²) in [6, 6.07) is 0.333. The zero-order chi connectivity index (χ0) is 12.5. The molecule has 0 aliphatic heterocycles. The van der Waals surface area contributed by atoms with Crippen molar-refractivity contribution in [1.82, 2.24) is 20.0 Å². The van der Waals surface area contributed by atoms with Crippen molar-refractivity contribution in [2.75, 3.05) is 5.32 Å². The van der Waals surface area contributed by atoms with E-state index in [0.717, 1.165) is 29.4 Å². The van der Waals surface area contributed by atoms with Crippen molar-refractivity contribution in [3.05, 3.63) is 22.5 Å². The number of anilines is 1. The lowest BCUT2D eigenvalue weighted by Crippen LogP contribution is -2.17. The van der Waals surface area contributed by atoms with E-state index in [-0.39, 0.29) is 0 Å². The Morgan fingerprint density at radius 1 is 1.50 bits per heavy atom. The first-order valence-corrected chi connectivity index (χ1v) is 7.19. The van der Waals surface area contributed by atoms with Gasteiger partial charge in [0.1, 0.15) is 5.01 Å². The molecule has 1 unspecified atom stereocenters. The SMILES string of the molecule is CCc1nnc(NC2CCCc3c2cnn3C)s1. The zero-order valence-corrected chi connectivity index (χ0v) is 11.5. The predicted octanol–water partition coefficient (Wildman–Crippen LogP) is 2.32. The first kappa shape index (κ1) is 11.6. The molecule has 0 spiro atoms. The summed E-state index contributed by atoms with van der Waals surface area (Å²) in [6.07, 6.45) is 6.39. The summed E-state index contributed by atoms with van der Waals surface area (Å²) in [7, 11) is 2.02. The largest absolute Gasteiger partial charge is 0.353 e. The van der Waals surface area contributed by atoms with Crippen LogP contribution in [0.5, 0.6) is 0 Å². The number of aromatic nitrogens is 4. The quantitative estimate of drug-likeness (QED) is 0.923. The molecule has 0 saturated carbocycles. The molecular formula is C12H17N5S. The van der Waals surface area contributed by atoms with Crippen LogP contribution in [-0.2, 0) is 19.9 Å². The van der Waals surface area contributed by atoms with Gasteiger partial charge in [0.25, 0.3) is 0 Å². The smallest absolute Gasteiger partial charge is 0.206 e. The first-order chi connectivity index (χ1) is 8.78. The Morgan fingerprint density at radius 3 is 3.17 bits per heavy atom. The minimum Gasteiger partial charge on any atom is -0.353 e. The summed E-state index contributed by atoms with van der Waals surface area (Å²) in [6.45, 7) is 2.10. The third-order valence-electron chi connectivity index (χ3n) is 3.44. The van der Waals surface area contributed by atoms with Gasteiger partial charge in [0.05, 0.1) is 12.2 Å². The average Bonchev–Trinajstić information content (AvgIpc) is 2.98. The molecule has 1 atom stereocenters. The van der Waals surface area contributed by atoms with Crippen molar-refractivity contribution in [3.63, 3.8) is 0 Å². The maximum atomic E-state index is 4.36. The van der Waals surface area contributed by atoms with Gasteiger partial charge in [0.2, 0.25) is 5.13 Å². The summed E-state index contributed by atoms with van der Waals surface area (Å²) in [5, 5.41) is 18.2. The summed E-state index contributed by atoms with van der Waals surface area (Å²) in [5.74, 6) is 0. The second-order valence-corrected chi connectivity index (χ2v) is 5.68. The Kier molecular flexibility index (Phi) is 3.03. The molecule has 5 nitrogen and oxygen atoms in total. The van der Waals surface area contributed by atoms with Crippen LogP contribution in [0.15, 0.2) is 6.20 Å². The van der Waals surface area contributed by atoms with Crippen molar-refractivity contribution < 1.29 is 0 Å². The number of rotatable bonds is 3. The Balaban J connectivity index is 1.81. The molecule has 1 aliphatic rings. The van der Waals surface area contributed by atoms with Crippen molar-refractivity contribution in [2.45, 2.75) is 38.6 Å². The lowest BCUT2D eigenvalue weighted by atomic mass is 9.93.